The van der Waals surface area contributed by atoms with Gasteiger partial charge < -0.3 is 4.42 Å². The lowest BCUT2D eigenvalue weighted by Gasteiger charge is -2.10. The first-order valence-electron chi connectivity index (χ1n) is 8.37. The van der Waals surface area contributed by atoms with Gasteiger partial charge in [-0.3, -0.25) is 9.36 Å². The van der Waals surface area contributed by atoms with Crippen LogP contribution in [0.25, 0.3) is 22.4 Å². The zero-order valence-electron chi connectivity index (χ0n) is 14.4. The summed E-state index contributed by atoms with van der Waals surface area (Å²) in [6.45, 7) is 2.46. The normalized spacial score (nSPS) is 11.2. The summed E-state index contributed by atoms with van der Waals surface area (Å²) in [5.41, 5.74) is 1.32. The zero-order valence-corrected chi connectivity index (χ0v) is 16.0. The van der Waals surface area contributed by atoms with Crippen LogP contribution >= 0.6 is 23.4 Å². The highest BCUT2D eigenvalue weighted by molar-refractivity contribution is 7.98. The first-order valence-corrected chi connectivity index (χ1v) is 9.73. The van der Waals surface area contributed by atoms with Crippen LogP contribution in [0.1, 0.15) is 12.8 Å². The van der Waals surface area contributed by atoms with Crippen molar-refractivity contribution in [1.29, 1.82) is 0 Å². The van der Waals surface area contributed by atoms with Crippen LogP contribution < -0.4 is 5.56 Å². The average molecular weight is 399 g/mol. The van der Waals surface area contributed by atoms with Crippen molar-refractivity contribution in [3.63, 3.8) is 0 Å². The molecule has 4 aromatic rings. The summed E-state index contributed by atoms with van der Waals surface area (Å²) in [6, 6.07) is 14.6. The standard InChI is InChI=1S/C19H15ClN4O2S/c1-2-24-18(25)13-8-4-6-10-15(13)21-19(24)27-11-16-22-23-17(26-16)12-7-3-5-9-14(12)20/h3-10H,2,11H2,1H3. The first-order chi connectivity index (χ1) is 13.2. The van der Waals surface area contributed by atoms with Crippen molar-refractivity contribution < 1.29 is 4.42 Å². The summed E-state index contributed by atoms with van der Waals surface area (Å²) in [4.78, 5) is 17.3. The van der Waals surface area contributed by atoms with Gasteiger partial charge in [-0.1, -0.05) is 47.6 Å². The Morgan fingerprint density at radius 1 is 1.11 bits per heavy atom. The molecule has 0 spiro atoms. The van der Waals surface area contributed by atoms with Crippen LogP contribution in [0.2, 0.25) is 5.02 Å². The second kappa shape index (κ2) is 7.54. The summed E-state index contributed by atoms with van der Waals surface area (Å²) < 4.78 is 7.37. The Kier molecular flexibility index (Phi) is 4.96. The molecule has 0 unspecified atom stereocenters. The Bertz CT molecular complexity index is 1170. The molecule has 0 aliphatic rings. The fourth-order valence-electron chi connectivity index (χ4n) is 2.72. The molecule has 0 N–H and O–H groups in total. The molecular weight excluding hydrogens is 384 g/mol. The smallest absolute Gasteiger partial charge is 0.262 e. The number of para-hydroxylation sites is 1. The third-order valence-electron chi connectivity index (χ3n) is 4.04. The highest BCUT2D eigenvalue weighted by atomic mass is 35.5. The van der Waals surface area contributed by atoms with E-state index in [1.54, 1.807) is 16.7 Å². The fourth-order valence-corrected chi connectivity index (χ4v) is 3.83. The van der Waals surface area contributed by atoms with Gasteiger partial charge in [0.1, 0.15) is 0 Å². The number of aromatic nitrogens is 4. The molecule has 0 atom stereocenters. The number of benzene rings is 2. The van der Waals surface area contributed by atoms with Crippen LogP contribution in [0.5, 0.6) is 0 Å². The molecule has 0 saturated carbocycles. The van der Waals surface area contributed by atoms with Gasteiger partial charge in [0, 0.05) is 6.54 Å². The summed E-state index contributed by atoms with van der Waals surface area (Å²) in [6.07, 6.45) is 0. The van der Waals surface area contributed by atoms with Crippen molar-refractivity contribution in [3.05, 3.63) is 69.8 Å². The van der Waals surface area contributed by atoms with Gasteiger partial charge in [0.15, 0.2) is 5.16 Å². The molecule has 27 heavy (non-hydrogen) atoms. The maximum atomic E-state index is 12.7. The minimum absolute atomic E-state index is 0.0483. The highest BCUT2D eigenvalue weighted by Gasteiger charge is 2.14. The third-order valence-corrected chi connectivity index (χ3v) is 5.33. The number of thioether (sulfide) groups is 1. The number of hydrogen-bond acceptors (Lipinski definition) is 6. The molecule has 4 rings (SSSR count). The summed E-state index contributed by atoms with van der Waals surface area (Å²) in [7, 11) is 0. The Labute approximate surface area is 164 Å². The fraction of sp³-hybridized carbons (Fsp3) is 0.158. The molecule has 0 radical (unpaired) electrons. The van der Waals surface area contributed by atoms with Crippen molar-refractivity contribution in [2.24, 2.45) is 0 Å². The molecular formula is C19H15ClN4O2S. The van der Waals surface area contributed by atoms with Crippen LogP contribution in [0.15, 0.2) is 62.9 Å². The maximum Gasteiger partial charge on any atom is 0.262 e. The predicted molar refractivity (Wildman–Crippen MR) is 106 cm³/mol. The zero-order chi connectivity index (χ0) is 18.8. The lowest BCUT2D eigenvalue weighted by Crippen LogP contribution is -2.22. The molecule has 8 heteroatoms. The van der Waals surface area contributed by atoms with E-state index in [4.69, 9.17) is 16.0 Å². The number of halogens is 1. The predicted octanol–water partition coefficient (Wildman–Crippen LogP) is 4.41. The topological polar surface area (TPSA) is 73.8 Å². The van der Waals surface area contributed by atoms with E-state index >= 15 is 0 Å². The maximum absolute atomic E-state index is 12.7. The van der Waals surface area contributed by atoms with Gasteiger partial charge >= 0.3 is 0 Å². The van der Waals surface area contributed by atoms with Gasteiger partial charge in [0.2, 0.25) is 11.8 Å². The van der Waals surface area contributed by atoms with Gasteiger partial charge in [-0.15, -0.1) is 10.2 Å². The van der Waals surface area contributed by atoms with Gasteiger partial charge in [-0.2, -0.15) is 0 Å². The monoisotopic (exact) mass is 398 g/mol. The van der Waals surface area contributed by atoms with Crippen LogP contribution in [0.4, 0.5) is 0 Å². The van der Waals surface area contributed by atoms with E-state index in [0.29, 0.717) is 50.7 Å². The molecule has 0 saturated heterocycles. The minimum Gasteiger partial charge on any atom is -0.420 e. The Morgan fingerprint density at radius 2 is 1.89 bits per heavy atom. The molecule has 0 aliphatic carbocycles. The lowest BCUT2D eigenvalue weighted by molar-refractivity contribution is 0.527. The van der Waals surface area contributed by atoms with Crippen molar-refractivity contribution in [3.8, 4) is 11.5 Å². The molecule has 0 bridgehead atoms. The molecule has 136 valence electrons. The van der Waals surface area contributed by atoms with Crippen molar-refractivity contribution >= 4 is 34.3 Å². The molecule has 0 fully saturated rings. The average Bonchev–Trinajstić information content (AvgIpc) is 3.16. The summed E-state index contributed by atoms with van der Waals surface area (Å²) in [5, 5.41) is 9.93. The van der Waals surface area contributed by atoms with E-state index in [9.17, 15) is 4.79 Å². The van der Waals surface area contributed by atoms with Crippen molar-refractivity contribution in [2.75, 3.05) is 0 Å². The van der Waals surface area contributed by atoms with Crippen LogP contribution in [0.3, 0.4) is 0 Å². The second-order valence-electron chi connectivity index (χ2n) is 5.73. The first kappa shape index (κ1) is 17.8. The molecule has 2 heterocycles. The van der Waals surface area contributed by atoms with Crippen molar-refractivity contribution in [2.45, 2.75) is 24.4 Å². The SMILES string of the molecule is CCn1c(SCc2nnc(-c3ccccc3Cl)o2)nc2ccccc2c1=O. The largest absolute Gasteiger partial charge is 0.420 e. The number of rotatable bonds is 5. The number of nitrogens with zero attached hydrogens (tertiary/aromatic N) is 4. The summed E-state index contributed by atoms with van der Waals surface area (Å²) in [5.74, 6) is 1.22. The number of fused-ring (bicyclic) bond motifs is 1. The lowest BCUT2D eigenvalue weighted by atomic mass is 10.2. The van der Waals surface area contributed by atoms with E-state index < -0.39 is 0 Å². The molecule has 0 aliphatic heterocycles. The van der Waals surface area contributed by atoms with Gasteiger partial charge in [-0.25, -0.2) is 4.98 Å². The third kappa shape index (κ3) is 3.48. The van der Waals surface area contributed by atoms with Gasteiger partial charge in [-0.05, 0) is 31.2 Å². The molecule has 2 aromatic carbocycles. The molecule has 2 aromatic heterocycles. The van der Waals surface area contributed by atoms with E-state index in [1.807, 2.05) is 43.3 Å². The van der Waals surface area contributed by atoms with Gasteiger partial charge in [0.25, 0.3) is 5.56 Å². The number of hydrogen-bond donors (Lipinski definition) is 0. The van der Waals surface area contributed by atoms with Gasteiger partial charge in [0.05, 0.1) is 27.2 Å². The van der Waals surface area contributed by atoms with E-state index in [-0.39, 0.29) is 5.56 Å². The summed E-state index contributed by atoms with van der Waals surface area (Å²) >= 11 is 7.56. The minimum atomic E-state index is -0.0483. The van der Waals surface area contributed by atoms with E-state index in [0.717, 1.165) is 0 Å². The van der Waals surface area contributed by atoms with Crippen LogP contribution in [-0.4, -0.2) is 19.7 Å². The second-order valence-corrected chi connectivity index (χ2v) is 7.08. The Morgan fingerprint density at radius 3 is 2.70 bits per heavy atom. The Balaban J connectivity index is 1.61. The van der Waals surface area contributed by atoms with Crippen LogP contribution in [0, 0.1) is 0 Å². The quantitative estimate of drug-likeness (QED) is 0.366. The molecule has 0 amide bonds. The molecule has 6 nitrogen and oxygen atoms in total. The van der Waals surface area contributed by atoms with Crippen LogP contribution in [-0.2, 0) is 12.3 Å². The van der Waals surface area contributed by atoms with E-state index in [2.05, 4.69) is 15.2 Å². The highest BCUT2D eigenvalue weighted by Crippen LogP contribution is 2.28. The van der Waals surface area contributed by atoms with Crippen molar-refractivity contribution in [1.82, 2.24) is 19.7 Å². The Hall–Kier alpha value is -2.64. The van der Waals surface area contributed by atoms with E-state index in [1.165, 1.54) is 11.8 Å².